The van der Waals surface area contributed by atoms with Crippen LogP contribution in [0.2, 0.25) is 0 Å². The molecule has 0 aliphatic heterocycles. The van der Waals surface area contributed by atoms with Crippen molar-refractivity contribution >= 4 is 11.6 Å². The van der Waals surface area contributed by atoms with E-state index in [1.54, 1.807) is 30.5 Å². The highest BCUT2D eigenvalue weighted by molar-refractivity contribution is 5.93. The van der Waals surface area contributed by atoms with Crippen LogP contribution in [0.5, 0.6) is 11.6 Å². The van der Waals surface area contributed by atoms with Crippen molar-refractivity contribution in [3.8, 4) is 11.6 Å². The first kappa shape index (κ1) is 14.4. The van der Waals surface area contributed by atoms with Gasteiger partial charge in [0.25, 0.3) is 0 Å². The van der Waals surface area contributed by atoms with E-state index in [9.17, 15) is 4.79 Å². The Morgan fingerprint density at radius 3 is 2.73 bits per heavy atom. The number of carbonyl (C=O) groups is 1. The second-order valence-electron chi connectivity index (χ2n) is 5.50. The van der Waals surface area contributed by atoms with Crippen LogP contribution in [-0.2, 0) is 0 Å². The van der Waals surface area contributed by atoms with E-state index in [0.717, 1.165) is 5.69 Å². The van der Waals surface area contributed by atoms with Gasteiger partial charge in [0.1, 0.15) is 5.75 Å². The Balaban J connectivity index is 1.65. The van der Waals surface area contributed by atoms with Crippen LogP contribution in [0.4, 0.5) is 5.69 Å². The van der Waals surface area contributed by atoms with E-state index in [-0.39, 0.29) is 0 Å². The van der Waals surface area contributed by atoms with Crippen molar-refractivity contribution in [3.63, 3.8) is 0 Å². The van der Waals surface area contributed by atoms with Crippen LogP contribution in [0.3, 0.4) is 0 Å². The van der Waals surface area contributed by atoms with Gasteiger partial charge in [-0.15, -0.1) is 0 Å². The topological polar surface area (TPSA) is 77.2 Å². The predicted molar refractivity (Wildman–Crippen MR) is 85.1 cm³/mol. The van der Waals surface area contributed by atoms with E-state index in [0.29, 0.717) is 23.2 Å². The number of primary amides is 1. The number of pyridine rings is 1. The molecule has 2 aromatic rings. The van der Waals surface area contributed by atoms with Gasteiger partial charge < -0.3 is 15.8 Å². The number of rotatable bonds is 5. The number of ether oxygens (including phenoxy) is 1. The second kappa shape index (κ2) is 6.47. The maximum absolute atomic E-state index is 11.2. The molecule has 0 spiro atoms. The molecule has 3 N–H and O–H groups in total. The third kappa shape index (κ3) is 3.55. The van der Waals surface area contributed by atoms with Gasteiger partial charge in [0.15, 0.2) is 0 Å². The Kier molecular flexibility index (Phi) is 4.23. The lowest BCUT2D eigenvalue weighted by Gasteiger charge is -2.13. The van der Waals surface area contributed by atoms with Crippen LogP contribution in [-0.4, -0.2) is 16.9 Å². The molecule has 1 aromatic heterocycles. The van der Waals surface area contributed by atoms with Crippen LogP contribution in [0.25, 0.3) is 0 Å². The molecule has 0 atom stereocenters. The van der Waals surface area contributed by atoms with E-state index in [4.69, 9.17) is 10.5 Å². The quantitative estimate of drug-likeness (QED) is 0.887. The number of amides is 1. The SMILES string of the molecule is NC(=O)c1cccc(Oc2ccc(NC3CCCC3)cn2)c1. The molecular weight excluding hydrogens is 278 g/mol. The van der Waals surface area contributed by atoms with Crippen LogP contribution in [0.1, 0.15) is 36.0 Å². The summed E-state index contributed by atoms with van der Waals surface area (Å²) >= 11 is 0. The van der Waals surface area contributed by atoms with E-state index in [1.165, 1.54) is 25.7 Å². The minimum atomic E-state index is -0.477. The summed E-state index contributed by atoms with van der Waals surface area (Å²) in [6.45, 7) is 0. The lowest BCUT2D eigenvalue weighted by Crippen LogP contribution is -2.14. The molecule has 0 radical (unpaired) electrons. The highest BCUT2D eigenvalue weighted by Crippen LogP contribution is 2.24. The number of anilines is 1. The Hall–Kier alpha value is -2.56. The maximum Gasteiger partial charge on any atom is 0.248 e. The summed E-state index contributed by atoms with van der Waals surface area (Å²) in [7, 11) is 0. The first-order chi connectivity index (χ1) is 10.7. The normalized spacial score (nSPS) is 14.7. The fraction of sp³-hybridized carbons (Fsp3) is 0.294. The Labute approximate surface area is 129 Å². The molecule has 1 aliphatic rings. The number of nitrogens with one attached hydrogen (secondary N) is 1. The van der Waals surface area contributed by atoms with Gasteiger partial charge in [-0.1, -0.05) is 18.9 Å². The van der Waals surface area contributed by atoms with Crippen molar-refractivity contribution in [1.29, 1.82) is 0 Å². The number of hydrogen-bond acceptors (Lipinski definition) is 4. The molecule has 0 bridgehead atoms. The monoisotopic (exact) mass is 297 g/mol. The molecule has 5 heteroatoms. The first-order valence-electron chi connectivity index (χ1n) is 7.51. The minimum absolute atomic E-state index is 0.414. The van der Waals surface area contributed by atoms with Gasteiger partial charge >= 0.3 is 0 Å². The zero-order valence-electron chi connectivity index (χ0n) is 12.3. The molecule has 114 valence electrons. The molecule has 1 aliphatic carbocycles. The van der Waals surface area contributed by atoms with Crippen molar-refractivity contribution in [1.82, 2.24) is 4.98 Å². The zero-order chi connectivity index (χ0) is 15.4. The van der Waals surface area contributed by atoms with Crippen LogP contribution < -0.4 is 15.8 Å². The smallest absolute Gasteiger partial charge is 0.248 e. The van der Waals surface area contributed by atoms with Gasteiger partial charge in [0.05, 0.1) is 11.9 Å². The van der Waals surface area contributed by atoms with Gasteiger partial charge in [0.2, 0.25) is 11.8 Å². The zero-order valence-corrected chi connectivity index (χ0v) is 12.3. The van der Waals surface area contributed by atoms with E-state index < -0.39 is 5.91 Å². The summed E-state index contributed by atoms with van der Waals surface area (Å²) in [5.41, 5.74) is 6.67. The van der Waals surface area contributed by atoms with Crippen molar-refractivity contribution in [2.75, 3.05) is 5.32 Å². The molecule has 0 saturated heterocycles. The molecule has 0 unspecified atom stereocenters. The van der Waals surface area contributed by atoms with Crippen molar-refractivity contribution in [3.05, 3.63) is 48.2 Å². The Morgan fingerprint density at radius 1 is 1.23 bits per heavy atom. The van der Waals surface area contributed by atoms with Crippen molar-refractivity contribution in [2.45, 2.75) is 31.7 Å². The molecule has 5 nitrogen and oxygen atoms in total. The lowest BCUT2D eigenvalue weighted by atomic mass is 10.2. The number of aromatic nitrogens is 1. The fourth-order valence-electron chi connectivity index (χ4n) is 2.67. The molecule has 22 heavy (non-hydrogen) atoms. The highest BCUT2D eigenvalue weighted by Gasteiger charge is 2.14. The second-order valence-corrected chi connectivity index (χ2v) is 5.50. The molecule has 1 heterocycles. The molecular formula is C17H19N3O2. The third-order valence-electron chi connectivity index (χ3n) is 3.80. The van der Waals surface area contributed by atoms with Gasteiger partial charge in [-0.05, 0) is 37.1 Å². The van der Waals surface area contributed by atoms with Gasteiger partial charge in [0, 0.05) is 17.7 Å². The number of hydrogen-bond donors (Lipinski definition) is 2. The summed E-state index contributed by atoms with van der Waals surface area (Å²) in [6.07, 6.45) is 6.80. The first-order valence-corrected chi connectivity index (χ1v) is 7.51. The van der Waals surface area contributed by atoms with Crippen molar-refractivity contribution < 1.29 is 9.53 Å². The largest absolute Gasteiger partial charge is 0.439 e. The summed E-state index contributed by atoms with van der Waals surface area (Å²) in [6, 6.07) is 11.1. The summed E-state index contributed by atoms with van der Waals surface area (Å²) < 4.78 is 5.65. The van der Waals surface area contributed by atoms with Crippen molar-refractivity contribution in [2.24, 2.45) is 5.73 Å². The average Bonchev–Trinajstić information content (AvgIpc) is 3.02. The Bertz CT molecular complexity index is 649. The lowest BCUT2D eigenvalue weighted by molar-refractivity contribution is 0.1000. The number of nitrogens with two attached hydrogens (primary N) is 1. The van der Waals surface area contributed by atoms with Crippen LogP contribution >= 0.6 is 0 Å². The van der Waals surface area contributed by atoms with Gasteiger partial charge in [-0.2, -0.15) is 0 Å². The minimum Gasteiger partial charge on any atom is -0.439 e. The number of nitrogens with zero attached hydrogens (tertiary/aromatic N) is 1. The molecule has 1 saturated carbocycles. The van der Waals surface area contributed by atoms with E-state index in [2.05, 4.69) is 10.3 Å². The predicted octanol–water partition coefficient (Wildman–Crippen LogP) is 3.33. The maximum atomic E-state index is 11.2. The van der Waals surface area contributed by atoms with Gasteiger partial charge in [-0.3, -0.25) is 4.79 Å². The third-order valence-corrected chi connectivity index (χ3v) is 3.80. The molecule has 1 aromatic carbocycles. The van der Waals surface area contributed by atoms with Crippen LogP contribution in [0, 0.1) is 0 Å². The standard InChI is InChI=1S/C17H19N3O2/c18-17(21)12-4-3-7-15(10-12)22-16-9-8-14(11-19-16)20-13-5-1-2-6-13/h3-4,7-11,13,20H,1-2,5-6H2,(H2,18,21). The summed E-state index contributed by atoms with van der Waals surface area (Å²) in [5, 5.41) is 3.48. The molecule has 1 fully saturated rings. The van der Waals surface area contributed by atoms with Crippen LogP contribution in [0.15, 0.2) is 42.6 Å². The number of carbonyl (C=O) groups excluding carboxylic acids is 1. The highest BCUT2D eigenvalue weighted by atomic mass is 16.5. The molecule has 1 amide bonds. The Morgan fingerprint density at radius 2 is 2.05 bits per heavy atom. The van der Waals surface area contributed by atoms with E-state index >= 15 is 0 Å². The fourth-order valence-corrected chi connectivity index (χ4v) is 2.67. The summed E-state index contributed by atoms with van der Waals surface area (Å²) in [4.78, 5) is 15.4. The van der Waals surface area contributed by atoms with Gasteiger partial charge in [-0.25, -0.2) is 4.98 Å². The molecule has 3 rings (SSSR count). The average molecular weight is 297 g/mol. The van der Waals surface area contributed by atoms with E-state index in [1.807, 2.05) is 12.1 Å². The number of benzene rings is 1. The summed E-state index contributed by atoms with van der Waals surface area (Å²) in [5.74, 6) is 0.549.